The number of aliphatic hydroxyl groups excluding tert-OH is 1. The van der Waals surface area contributed by atoms with E-state index in [4.69, 9.17) is 5.73 Å². The highest BCUT2D eigenvalue weighted by molar-refractivity contribution is 5.53. The molecule has 4 N–H and O–H groups in total. The summed E-state index contributed by atoms with van der Waals surface area (Å²) in [5, 5.41) is 19.0. The molecule has 0 radical (unpaired) electrons. The predicted octanol–water partition coefficient (Wildman–Crippen LogP) is 1.23. The van der Waals surface area contributed by atoms with Gasteiger partial charge in [0.05, 0.1) is 6.10 Å². The number of nitrogens with two attached hydrogens (primary N) is 1. The molecule has 2 unspecified atom stereocenters. The number of hydrogen-bond donors (Lipinski definition) is 3. The van der Waals surface area contributed by atoms with Gasteiger partial charge >= 0.3 is 0 Å². The first kappa shape index (κ1) is 12.8. The highest BCUT2D eigenvalue weighted by Crippen LogP contribution is 2.27. The lowest BCUT2D eigenvalue weighted by Gasteiger charge is -2.22. The quantitative estimate of drug-likeness (QED) is 0.719. The maximum atomic E-state index is 9.78. The third-order valence-electron chi connectivity index (χ3n) is 2.48. The number of hydrogen-bond acceptors (Lipinski definition) is 4. The van der Waals surface area contributed by atoms with Gasteiger partial charge in [0.25, 0.3) is 0 Å². The molecule has 0 amide bonds. The van der Waals surface area contributed by atoms with E-state index in [0.717, 1.165) is 11.3 Å². The third-order valence-corrected chi connectivity index (χ3v) is 2.48. The molecule has 2 atom stereocenters. The van der Waals surface area contributed by atoms with E-state index in [1.165, 1.54) is 0 Å². The van der Waals surface area contributed by atoms with Gasteiger partial charge < -0.3 is 20.8 Å². The van der Waals surface area contributed by atoms with Crippen molar-refractivity contribution in [1.82, 2.24) is 0 Å². The predicted molar refractivity (Wildman–Crippen MR) is 65.7 cm³/mol. The van der Waals surface area contributed by atoms with Gasteiger partial charge in [0.15, 0.2) is 0 Å². The molecule has 90 valence electrons. The molecule has 1 aromatic rings. The van der Waals surface area contributed by atoms with Gasteiger partial charge in [-0.15, -0.1) is 0 Å². The SMILES string of the molecule is CC(O)CN(C)c1ccc(C(C)N)c(O)c1. The molecule has 1 rings (SSSR count). The molecule has 0 spiro atoms. The molecule has 0 aliphatic heterocycles. The Balaban J connectivity index is 2.88. The van der Waals surface area contributed by atoms with E-state index in [9.17, 15) is 10.2 Å². The molecular formula is C12H20N2O2. The lowest BCUT2D eigenvalue weighted by Crippen LogP contribution is -2.26. The Morgan fingerprint density at radius 1 is 1.38 bits per heavy atom. The van der Waals surface area contributed by atoms with E-state index in [0.29, 0.717) is 6.54 Å². The van der Waals surface area contributed by atoms with E-state index in [1.54, 1.807) is 13.0 Å². The number of phenolic OH excluding ortho intramolecular Hbond substituents is 1. The molecule has 1 aromatic carbocycles. The number of aromatic hydroxyl groups is 1. The zero-order valence-corrected chi connectivity index (χ0v) is 10.0. The fraction of sp³-hybridized carbons (Fsp3) is 0.500. The van der Waals surface area contributed by atoms with Gasteiger partial charge in [-0.3, -0.25) is 0 Å². The van der Waals surface area contributed by atoms with Gasteiger partial charge in [0.2, 0.25) is 0 Å². The van der Waals surface area contributed by atoms with E-state index < -0.39 is 6.10 Å². The van der Waals surface area contributed by atoms with Crippen LogP contribution in [0.2, 0.25) is 0 Å². The topological polar surface area (TPSA) is 69.7 Å². The van der Waals surface area contributed by atoms with Gasteiger partial charge in [-0.05, 0) is 19.9 Å². The second-order valence-corrected chi connectivity index (χ2v) is 4.26. The summed E-state index contributed by atoms with van der Waals surface area (Å²) in [6.07, 6.45) is -0.403. The first-order valence-electron chi connectivity index (χ1n) is 5.39. The van der Waals surface area contributed by atoms with Crippen LogP contribution in [0.5, 0.6) is 5.75 Å². The second-order valence-electron chi connectivity index (χ2n) is 4.26. The number of nitrogens with zero attached hydrogens (tertiary/aromatic N) is 1. The van der Waals surface area contributed by atoms with Crippen LogP contribution in [0.3, 0.4) is 0 Å². The van der Waals surface area contributed by atoms with Gasteiger partial charge in [0, 0.05) is 37.0 Å². The smallest absolute Gasteiger partial charge is 0.122 e. The Bertz CT molecular complexity index is 351. The Morgan fingerprint density at radius 2 is 2.00 bits per heavy atom. The molecule has 0 saturated carbocycles. The van der Waals surface area contributed by atoms with Crippen LogP contribution in [0.15, 0.2) is 18.2 Å². The lowest BCUT2D eigenvalue weighted by atomic mass is 10.1. The Kier molecular flexibility index (Phi) is 4.15. The minimum Gasteiger partial charge on any atom is -0.508 e. The first-order chi connectivity index (χ1) is 7.41. The van der Waals surface area contributed by atoms with Crippen molar-refractivity contribution in [2.75, 3.05) is 18.5 Å². The number of rotatable bonds is 4. The molecule has 0 heterocycles. The largest absolute Gasteiger partial charge is 0.508 e. The molecule has 0 aliphatic carbocycles. The number of likely N-dealkylation sites (N-methyl/N-ethyl adjacent to an activating group) is 1. The van der Waals surface area contributed by atoms with Gasteiger partial charge in [-0.2, -0.15) is 0 Å². The molecule has 16 heavy (non-hydrogen) atoms. The molecule has 0 fully saturated rings. The van der Waals surface area contributed by atoms with Crippen molar-refractivity contribution in [3.8, 4) is 5.75 Å². The molecule has 4 nitrogen and oxygen atoms in total. The fourth-order valence-corrected chi connectivity index (χ4v) is 1.66. The van der Waals surface area contributed by atoms with Crippen LogP contribution in [-0.2, 0) is 0 Å². The average molecular weight is 224 g/mol. The summed E-state index contributed by atoms with van der Waals surface area (Å²) >= 11 is 0. The molecule has 4 heteroatoms. The summed E-state index contributed by atoms with van der Waals surface area (Å²) in [6.45, 7) is 4.08. The lowest BCUT2D eigenvalue weighted by molar-refractivity contribution is 0.201. The van der Waals surface area contributed by atoms with Gasteiger partial charge in [0.1, 0.15) is 5.75 Å². The minimum atomic E-state index is -0.403. The van der Waals surface area contributed by atoms with Crippen LogP contribution in [-0.4, -0.2) is 29.9 Å². The number of benzene rings is 1. The zero-order chi connectivity index (χ0) is 12.3. The fourth-order valence-electron chi connectivity index (χ4n) is 1.66. The van der Waals surface area contributed by atoms with Crippen molar-refractivity contribution >= 4 is 5.69 Å². The van der Waals surface area contributed by atoms with Crippen molar-refractivity contribution in [2.45, 2.75) is 26.0 Å². The second kappa shape index (κ2) is 5.18. The van der Waals surface area contributed by atoms with Crippen molar-refractivity contribution in [1.29, 1.82) is 0 Å². The first-order valence-corrected chi connectivity index (χ1v) is 5.39. The summed E-state index contributed by atoms with van der Waals surface area (Å²) in [7, 11) is 1.87. The van der Waals surface area contributed by atoms with Crippen LogP contribution in [0, 0.1) is 0 Å². The molecule has 0 bridgehead atoms. The van der Waals surface area contributed by atoms with Crippen LogP contribution in [0.25, 0.3) is 0 Å². The number of phenols is 1. The molecule has 0 aliphatic rings. The number of aliphatic hydroxyl groups is 1. The maximum Gasteiger partial charge on any atom is 0.122 e. The monoisotopic (exact) mass is 224 g/mol. The van der Waals surface area contributed by atoms with Crippen LogP contribution < -0.4 is 10.6 Å². The standard InChI is InChI=1S/C12H20N2O2/c1-8(15)7-14(3)10-4-5-11(9(2)13)12(16)6-10/h4-6,8-9,15-16H,7,13H2,1-3H3. The maximum absolute atomic E-state index is 9.78. The highest BCUT2D eigenvalue weighted by atomic mass is 16.3. The third kappa shape index (κ3) is 3.12. The summed E-state index contributed by atoms with van der Waals surface area (Å²) in [6, 6.07) is 5.19. The van der Waals surface area contributed by atoms with Crippen LogP contribution >= 0.6 is 0 Å². The minimum absolute atomic E-state index is 0.184. The Morgan fingerprint density at radius 3 is 2.44 bits per heavy atom. The van der Waals surface area contributed by atoms with Gasteiger partial charge in [-0.1, -0.05) is 6.07 Å². The zero-order valence-electron chi connectivity index (χ0n) is 10.0. The van der Waals surface area contributed by atoms with E-state index in [2.05, 4.69) is 0 Å². The molecule has 0 aromatic heterocycles. The summed E-state index contributed by atoms with van der Waals surface area (Å²) in [4.78, 5) is 1.88. The van der Waals surface area contributed by atoms with Crippen molar-refractivity contribution in [2.24, 2.45) is 5.73 Å². The Labute approximate surface area is 96.3 Å². The van der Waals surface area contributed by atoms with Crippen LogP contribution in [0.1, 0.15) is 25.5 Å². The summed E-state index contributed by atoms with van der Waals surface area (Å²) < 4.78 is 0. The highest BCUT2D eigenvalue weighted by Gasteiger charge is 2.09. The van der Waals surface area contributed by atoms with Crippen LogP contribution in [0.4, 0.5) is 5.69 Å². The molecule has 0 saturated heterocycles. The van der Waals surface area contributed by atoms with E-state index in [-0.39, 0.29) is 11.8 Å². The van der Waals surface area contributed by atoms with Crippen molar-refractivity contribution in [3.63, 3.8) is 0 Å². The average Bonchev–Trinajstić information content (AvgIpc) is 2.15. The van der Waals surface area contributed by atoms with Crippen molar-refractivity contribution < 1.29 is 10.2 Å². The van der Waals surface area contributed by atoms with Crippen molar-refractivity contribution in [3.05, 3.63) is 23.8 Å². The number of anilines is 1. The van der Waals surface area contributed by atoms with Gasteiger partial charge in [-0.25, -0.2) is 0 Å². The van der Waals surface area contributed by atoms with E-state index in [1.807, 2.05) is 31.0 Å². The van der Waals surface area contributed by atoms with E-state index >= 15 is 0 Å². The Hall–Kier alpha value is -1.26. The summed E-state index contributed by atoms with van der Waals surface area (Å²) in [5.41, 5.74) is 7.30. The molecular weight excluding hydrogens is 204 g/mol. The normalized spacial score (nSPS) is 14.6. The summed E-state index contributed by atoms with van der Waals surface area (Å²) in [5.74, 6) is 0.199.